The summed E-state index contributed by atoms with van der Waals surface area (Å²) in [6.45, 7) is 0. The molecule has 0 amide bonds. The van der Waals surface area contributed by atoms with E-state index in [1.54, 1.807) is 12.1 Å². The van der Waals surface area contributed by atoms with Crippen LogP contribution in [0, 0.1) is 22.7 Å². The largest absolute Gasteiger partial charge is 0.480 e. The highest BCUT2D eigenvalue weighted by molar-refractivity contribution is 5.79. The van der Waals surface area contributed by atoms with Crippen molar-refractivity contribution in [2.45, 2.75) is 0 Å². The predicted octanol–water partition coefficient (Wildman–Crippen LogP) is 1.68. The van der Waals surface area contributed by atoms with E-state index in [1.807, 2.05) is 12.1 Å². The highest BCUT2D eigenvalue weighted by Gasteiger charge is 2.22. The topological polar surface area (TPSA) is 109 Å². The van der Waals surface area contributed by atoms with Crippen LogP contribution in [-0.2, 0) is 0 Å². The molecule has 0 radical (unpaired) electrons. The lowest BCUT2D eigenvalue weighted by Gasteiger charge is -2.09. The Balaban J connectivity index is 2.88. The van der Waals surface area contributed by atoms with Crippen LogP contribution < -0.4 is 10.5 Å². The first-order valence-electron chi connectivity index (χ1n) is 4.94. The normalized spacial score (nSPS) is 9.50. The Kier molecular flexibility index (Phi) is 2.86. The second kappa shape index (κ2) is 4.48. The quantitative estimate of drug-likeness (QED) is 0.855. The molecule has 2 aromatic heterocycles. The van der Waals surface area contributed by atoms with Gasteiger partial charge in [-0.05, 0) is 12.1 Å². The van der Waals surface area contributed by atoms with Crippen molar-refractivity contribution in [1.82, 2.24) is 4.98 Å². The Hall–Kier alpha value is -2.99. The molecule has 6 heteroatoms. The molecule has 0 aliphatic heterocycles. The second-order valence-corrected chi connectivity index (χ2v) is 3.33. The third-order valence-corrected chi connectivity index (χ3v) is 2.38. The minimum atomic E-state index is -0.000231. The summed E-state index contributed by atoms with van der Waals surface area (Å²) < 4.78 is 10.2. The van der Waals surface area contributed by atoms with Crippen LogP contribution in [0.2, 0.25) is 0 Å². The Bertz CT molecular complexity index is 663. The highest BCUT2D eigenvalue weighted by Crippen LogP contribution is 2.34. The standard InChI is InChI=1S/C12H8N4O2/c1-17-12-8(6-14)10(9-3-2-4-18-9)7(5-13)11(15)16-12/h2-4H,1H3,(H2,15,16). The van der Waals surface area contributed by atoms with Crippen molar-refractivity contribution in [1.29, 1.82) is 10.5 Å². The molecule has 18 heavy (non-hydrogen) atoms. The number of pyridine rings is 1. The maximum Gasteiger partial charge on any atom is 0.234 e. The molecule has 0 saturated carbocycles. The van der Waals surface area contributed by atoms with Crippen LogP contribution in [0.5, 0.6) is 5.88 Å². The summed E-state index contributed by atoms with van der Waals surface area (Å²) >= 11 is 0. The van der Waals surface area contributed by atoms with Crippen LogP contribution in [0.4, 0.5) is 5.82 Å². The van der Waals surface area contributed by atoms with Gasteiger partial charge in [0.2, 0.25) is 5.88 Å². The average molecular weight is 240 g/mol. The molecule has 2 N–H and O–H groups in total. The van der Waals surface area contributed by atoms with Gasteiger partial charge in [-0.2, -0.15) is 15.5 Å². The predicted molar refractivity (Wildman–Crippen MR) is 62.3 cm³/mol. The minimum absolute atomic E-state index is 0.000231. The lowest BCUT2D eigenvalue weighted by molar-refractivity contribution is 0.397. The van der Waals surface area contributed by atoms with Crippen molar-refractivity contribution in [3.8, 4) is 29.3 Å². The number of hydrogen-bond donors (Lipinski definition) is 1. The van der Waals surface area contributed by atoms with Crippen molar-refractivity contribution in [3.05, 3.63) is 29.5 Å². The molecular weight excluding hydrogens is 232 g/mol. The zero-order valence-electron chi connectivity index (χ0n) is 9.47. The van der Waals surface area contributed by atoms with Crippen LogP contribution in [0.3, 0.4) is 0 Å². The summed E-state index contributed by atoms with van der Waals surface area (Å²) in [6.07, 6.45) is 1.45. The van der Waals surface area contributed by atoms with Crippen molar-refractivity contribution in [2.24, 2.45) is 0 Å². The van der Waals surface area contributed by atoms with Gasteiger partial charge < -0.3 is 14.9 Å². The Morgan fingerprint density at radius 3 is 2.56 bits per heavy atom. The van der Waals surface area contributed by atoms with Crippen LogP contribution in [-0.4, -0.2) is 12.1 Å². The van der Waals surface area contributed by atoms with Gasteiger partial charge in [0.15, 0.2) is 0 Å². The van der Waals surface area contributed by atoms with E-state index in [9.17, 15) is 5.26 Å². The van der Waals surface area contributed by atoms with Gasteiger partial charge in [-0.25, -0.2) is 0 Å². The number of anilines is 1. The SMILES string of the molecule is COc1nc(N)c(C#N)c(-c2ccco2)c1C#N. The molecule has 0 aliphatic rings. The zero-order valence-corrected chi connectivity index (χ0v) is 9.47. The van der Waals surface area contributed by atoms with Gasteiger partial charge >= 0.3 is 0 Å². The van der Waals surface area contributed by atoms with Crippen molar-refractivity contribution in [3.63, 3.8) is 0 Å². The monoisotopic (exact) mass is 240 g/mol. The molecule has 2 aromatic rings. The molecular formula is C12H8N4O2. The molecule has 0 spiro atoms. The fraction of sp³-hybridized carbons (Fsp3) is 0.0833. The molecule has 6 nitrogen and oxygen atoms in total. The van der Waals surface area contributed by atoms with Gasteiger partial charge in [-0.1, -0.05) is 0 Å². The van der Waals surface area contributed by atoms with Gasteiger partial charge in [0, 0.05) is 0 Å². The molecule has 2 heterocycles. The Morgan fingerprint density at radius 2 is 2.06 bits per heavy atom. The first-order valence-corrected chi connectivity index (χ1v) is 4.94. The molecule has 0 aliphatic carbocycles. The molecule has 88 valence electrons. The third-order valence-electron chi connectivity index (χ3n) is 2.38. The summed E-state index contributed by atoms with van der Waals surface area (Å²) in [7, 11) is 1.38. The highest BCUT2D eigenvalue weighted by atomic mass is 16.5. The number of methoxy groups -OCH3 is 1. The molecule has 0 bridgehead atoms. The Labute approximate surface area is 103 Å². The smallest absolute Gasteiger partial charge is 0.234 e. The summed E-state index contributed by atoms with van der Waals surface area (Å²) in [5.74, 6) is 0.440. The van der Waals surface area contributed by atoms with Gasteiger partial charge in [0.1, 0.15) is 34.8 Å². The number of aromatic nitrogens is 1. The van der Waals surface area contributed by atoms with Gasteiger partial charge in [-0.15, -0.1) is 0 Å². The van der Waals surface area contributed by atoms with Gasteiger partial charge in [-0.3, -0.25) is 0 Å². The first-order chi connectivity index (χ1) is 8.72. The molecule has 2 rings (SSSR count). The van der Waals surface area contributed by atoms with Crippen LogP contribution in [0.1, 0.15) is 11.1 Å². The minimum Gasteiger partial charge on any atom is -0.480 e. The number of nitriles is 2. The van der Waals surface area contributed by atoms with E-state index >= 15 is 0 Å². The Morgan fingerprint density at radius 1 is 1.33 bits per heavy atom. The van der Waals surface area contributed by atoms with Crippen molar-refractivity contribution >= 4 is 5.82 Å². The van der Waals surface area contributed by atoms with E-state index in [0.717, 1.165) is 0 Å². The van der Waals surface area contributed by atoms with Crippen LogP contribution >= 0.6 is 0 Å². The summed E-state index contributed by atoms with van der Waals surface area (Å²) in [5.41, 5.74) is 6.20. The summed E-state index contributed by atoms with van der Waals surface area (Å²) in [4.78, 5) is 3.87. The number of nitrogens with two attached hydrogens (primary N) is 1. The van der Waals surface area contributed by atoms with E-state index in [-0.39, 0.29) is 22.8 Å². The van der Waals surface area contributed by atoms with Crippen LogP contribution in [0.15, 0.2) is 22.8 Å². The first kappa shape index (κ1) is 11.5. The molecule has 0 saturated heterocycles. The fourth-order valence-corrected chi connectivity index (χ4v) is 1.61. The molecule has 0 aromatic carbocycles. The summed E-state index contributed by atoms with van der Waals surface area (Å²) in [6, 6.07) is 7.16. The van der Waals surface area contributed by atoms with E-state index < -0.39 is 0 Å². The zero-order chi connectivity index (χ0) is 13.1. The molecule has 0 atom stereocenters. The molecule has 0 fully saturated rings. The van der Waals surface area contributed by atoms with Crippen molar-refractivity contribution in [2.75, 3.05) is 12.8 Å². The maximum absolute atomic E-state index is 9.18. The lowest BCUT2D eigenvalue weighted by atomic mass is 10.0. The molecule has 0 unspecified atom stereocenters. The van der Waals surface area contributed by atoms with Gasteiger partial charge in [0.05, 0.1) is 18.9 Å². The van der Waals surface area contributed by atoms with E-state index in [2.05, 4.69) is 4.98 Å². The van der Waals surface area contributed by atoms with E-state index in [1.165, 1.54) is 13.4 Å². The van der Waals surface area contributed by atoms with Crippen LogP contribution in [0.25, 0.3) is 11.3 Å². The third kappa shape index (κ3) is 1.62. The number of furan rings is 1. The fourth-order valence-electron chi connectivity index (χ4n) is 1.61. The maximum atomic E-state index is 9.18. The number of rotatable bonds is 2. The second-order valence-electron chi connectivity index (χ2n) is 3.33. The van der Waals surface area contributed by atoms with E-state index in [0.29, 0.717) is 11.3 Å². The van der Waals surface area contributed by atoms with E-state index in [4.69, 9.17) is 20.1 Å². The van der Waals surface area contributed by atoms with Crippen molar-refractivity contribution < 1.29 is 9.15 Å². The number of nitrogens with zero attached hydrogens (tertiary/aromatic N) is 3. The summed E-state index contributed by atoms with van der Waals surface area (Å²) in [5, 5.41) is 18.3. The average Bonchev–Trinajstić information content (AvgIpc) is 2.90. The number of hydrogen-bond acceptors (Lipinski definition) is 6. The number of nitrogen functional groups attached to an aromatic ring is 1. The number of ether oxygens (including phenoxy) is 1. The lowest BCUT2D eigenvalue weighted by Crippen LogP contribution is -2.03. The van der Waals surface area contributed by atoms with Gasteiger partial charge in [0.25, 0.3) is 0 Å².